The van der Waals surface area contributed by atoms with Crippen molar-refractivity contribution in [1.29, 1.82) is 0 Å². The smallest absolute Gasteiger partial charge is 0.255 e. The highest BCUT2D eigenvalue weighted by Crippen LogP contribution is 2.22. The van der Waals surface area contributed by atoms with E-state index < -0.39 is 5.91 Å². The van der Waals surface area contributed by atoms with E-state index in [1.54, 1.807) is 12.1 Å². The van der Waals surface area contributed by atoms with Gasteiger partial charge in [-0.25, -0.2) is 0 Å². The minimum absolute atomic E-state index is 0.165. The number of carbonyl (C=O) groups is 2. The third-order valence-corrected chi connectivity index (χ3v) is 6.44. The number of carbonyl (C=O) groups excluding carboxylic acids is 2. The molecule has 0 atom stereocenters. The number of amides is 2. The fourth-order valence-corrected chi connectivity index (χ4v) is 4.13. The molecule has 0 aliphatic rings. The van der Waals surface area contributed by atoms with Crippen LogP contribution in [0.4, 0.5) is 11.5 Å². The normalized spacial score (nSPS) is 10.8. The molecule has 0 radical (unpaired) electrons. The quantitative estimate of drug-likeness (QED) is 0.277. The second-order valence-corrected chi connectivity index (χ2v) is 9.19. The van der Waals surface area contributed by atoms with Crippen LogP contribution in [0.1, 0.15) is 59.8 Å². The molecule has 0 fully saturated rings. The van der Waals surface area contributed by atoms with E-state index in [0.29, 0.717) is 41.3 Å². The summed E-state index contributed by atoms with van der Waals surface area (Å²) >= 11 is 0. The summed E-state index contributed by atoms with van der Waals surface area (Å²) in [5, 5.41) is 13.4. The molecule has 2 amide bonds. The fourth-order valence-electron chi connectivity index (χ4n) is 4.13. The zero-order valence-electron chi connectivity index (χ0n) is 21.0. The molecule has 4 aromatic rings. The van der Waals surface area contributed by atoms with Gasteiger partial charge >= 0.3 is 0 Å². The third-order valence-electron chi connectivity index (χ3n) is 6.44. The summed E-state index contributed by atoms with van der Waals surface area (Å²) < 4.78 is 0. The number of aromatic amines is 1. The van der Waals surface area contributed by atoms with Gasteiger partial charge in [0.2, 0.25) is 0 Å². The van der Waals surface area contributed by atoms with Crippen molar-refractivity contribution in [1.82, 2.24) is 10.2 Å². The van der Waals surface area contributed by atoms with Crippen LogP contribution in [0.2, 0.25) is 0 Å². The topological polar surface area (TPSA) is 113 Å². The Morgan fingerprint density at radius 1 is 0.889 bits per heavy atom. The van der Waals surface area contributed by atoms with Crippen LogP contribution in [0.3, 0.4) is 0 Å². The molecule has 0 saturated carbocycles. The van der Waals surface area contributed by atoms with Crippen LogP contribution < -0.4 is 16.4 Å². The van der Waals surface area contributed by atoms with Crippen molar-refractivity contribution in [3.05, 3.63) is 111 Å². The predicted molar refractivity (Wildman–Crippen MR) is 143 cm³/mol. The highest BCUT2D eigenvalue weighted by molar-refractivity contribution is 6.04. The van der Waals surface area contributed by atoms with Crippen molar-refractivity contribution in [2.75, 3.05) is 10.6 Å². The van der Waals surface area contributed by atoms with E-state index in [1.807, 2.05) is 43.3 Å². The largest absolute Gasteiger partial charge is 0.365 e. The van der Waals surface area contributed by atoms with E-state index in [0.717, 1.165) is 16.7 Å². The van der Waals surface area contributed by atoms with Crippen LogP contribution in [-0.4, -0.2) is 22.0 Å². The van der Waals surface area contributed by atoms with Crippen LogP contribution in [0.5, 0.6) is 0 Å². The van der Waals surface area contributed by atoms with Gasteiger partial charge in [0.25, 0.3) is 11.8 Å². The number of benzene rings is 3. The van der Waals surface area contributed by atoms with Gasteiger partial charge in [0.05, 0.1) is 5.69 Å². The molecule has 0 aliphatic carbocycles. The van der Waals surface area contributed by atoms with Crippen molar-refractivity contribution in [3.63, 3.8) is 0 Å². The molecular formula is C29H31N5O2. The second-order valence-electron chi connectivity index (χ2n) is 9.19. The first kappa shape index (κ1) is 24.7. The Hall–Kier alpha value is -4.39. The van der Waals surface area contributed by atoms with Gasteiger partial charge in [-0.15, -0.1) is 0 Å². The van der Waals surface area contributed by atoms with Crippen LogP contribution in [0.25, 0.3) is 0 Å². The molecule has 0 bridgehead atoms. The lowest BCUT2D eigenvalue weighted by Gasteiger charge is -2.10. The zero-order chi connectivity index (χ0) is 25.8. The van der Waals surface area contributed by atoms with E-state index in [1.165, 1.54) is 16.7 Å². The Morgan fingerprint density at radius 3 is 2.14 bits per heavy atom. The van der Waals surface area contributed by atoms with Crippen LogP contribution >= 0.6 is 0 Å². The average Bonchev–Trinajstić information content (AvgIpc) is 3.25. The first-order valence-corrected chi connectivity index (χ1v) is 11.9. The van der Waals surface area contributed by atoms with Crippen molar-refractivity contribution in [2.24, 2.45) is 5.73 Å². The Balaban J connectivity index is 1.44. The number of aromatic nitrogens is 2. The maximum absolute atomic E-state index is 12.5. The van der Waals surface area contributed by atoms with Gasteiger partial charge in [0.1, 0.15) is 5.56 Å². The van der Waals surface area contributed by atoms with Gasteiger partial charge in [-0.2, -0.15) is 5.10 Å². The fraction of sp³-hybridized carbons (Fsp3) is 0.207. The van der Waals surface area contributed by atoms with E-state index in [-0.39, 0.29) is 5.91 Å². The van der Waals surface area contributed by atoms with Crippen molar-refractivity contribution in [2.45, 2.75) is 40.7 Å². The van der Waals surface area contributed by atoms with Crippen LogP contribution in [0, 0.1) is 27.7 Å². The van der Waals surface area contributed by atoms with Gasteiger partial charge in [0, 0.05) is 24.2 Å². The first-order chi connectivity index (χ1) is 17.2. The summed E-state index contributed by atoms with van der Waals surface area (Å²) in [6, 6.07) is 19.2. The van der Waals surface area contributed by atoms with Gasteiger partial charge < -0.3 is 16.4 Å². The van der Waals surface area contributed by atoms with Gasteiger partial charge in [0.15, 0.2) is 5.82 Å². The Bertz CT molecular complexity index is 1380. The highest BCUT2D eigenvalue weighted by Gasteiger charge is 2.19. The molecule has 1 heterocycles. The number of nitrogens with one attached hydrogen (secondary N) is 3. The standard InChI is InChI=1S/C29H31N5O2/c1-17-5-9-23(10-6-17)29(36)32-24-11-7-21(8-12-24)15-25-26(27(30)35)28(34-33-25)31-16-22-13-18(2)20(4)19(3)14-22/h5-14H,15-16H2,1-4H3,(H2,30,35)(H,32,36)(H2,31,33,34). The molecule has 4 rings (SSSR count). The number of H-pyrrole nitrogens is 1. The van der Waals surface area contributed by atoms with Crippen molar-refractivity contribution in [3.8, 4) is 0 Å². The zero-order valence-corrected chi connectivity index (χ0v) is 21.0. The maximum Gasteiger partial charge on any atom is 0.255 e. The number of nitrogens with zero attached hydrogens (tertiary/aromatic N) is 1. The Labute approximate surface area is 211 Å². The summed E-state index contributed by atoms with van der Waals surface area (Å²) in [6.07, 6.45) is 0.446. The molecule has 3 aromatic carbocycles. The third kappa shape index (κ3) is 5.63. The molecule has 0 spiro atoms. The molecule has 7 nitrogen and oxygen atoms in total. The Kier molecular flexibility index (Phi) is 7.20. The monoisotopic (exact) mass is 481 g/mol. The number of aryl methyl sites for hydroxylation is 3. The van der Waals surface area contributed by atoms with Crippen LogP contribution in [0.15, 0.2) is 60.7 Å². The highest BCUT2D eigenvalue weighted by atomic mass is 16.2. The second kappa shape index (κ2) is 10.5. The summed E-state index contributed by atoms with van der Waals surface area (Å²) in [4.78, 5) is 24.7. The molecule has 36 heavy (non-hydrogen) atoms. The number of hydrogen-bond donors (Lipinski definition) is 4. The first-order valence-electron chi connectivity index (χ1n) is 11.9. The number of rotatable bonds is 8. The summed E-state index contributed by atoms with van der Waals surface area (Å²) in [5.41, 5.74) is 14.9. The molecule has 1 aromatic heterocycles. The molecular weight excluding hydrogens is 450 g/mol. The van der Waals surface area contributed by atoms with Gasteiger partial charge in [-0.3, -0.25) is 14.7 Å². The number of anilines is 2. The number of primary amides is 1. The van der Waals surface area contributed by atoms with E-state index >= 15 is 0 Å². The molecule has 5 N–H and O–H groups in total. The number of nitrogens with two attached hydrogens (primary N) is 1. The van der Waals surface area contributed by atoms with Crippen molar-refractivity contribution >= 4 is 23.3 Å². The lowest BCUT2D eigenvalue weighted by molar-refractivity contribution is 0.0997. The molecule has 0 aliphatic heterocycles. The summed E-state index contributed by atoms with van der Waals surface area (Å²) in [6.45, 7) is 8.80. The molecule has 0 unspecified atom stereocenters. The van der Waals surface area contributed by atoms with E-state index in [4.69, 9.17) is 5.73 Å². The summed E-state index contributed by atoms with van der Waals surface area (Å²) in [5.74, 6) is -0.267. The average molecular weight is 482 g/mol. The Morgan fingerprint density at radius 2 is 1.53 bits per heavy atom. The molecule has 184 valence electrons. The van der Waals surface area contributed by atoms with Crippen molar-refractivity contribution < 1.29 is 9.59 Å². The summed E-state index contributed by atoms with van der Waals surface area (Å²) in [7, 11) is 0. The maximum atomic E-state index is 12.5. The SMILES string of the molecule is Cc1ccc(C(=O)Nc2ccc(Cc3[nH]nc(NCc4cc(C)c(C)c(C)c4)c3C(N)=O)cc2)cc1. The predicted octanol–water partition coefficient (Wildman–Crippen LogP) is 5.20. The lowest BCUT2D eigenvalue weighted by atomic mass is 10.0. The van der Waals surface area contributed by atoms with Gasteiger partial charge in [-0.1, -0.05) is 42.0 Å². The van der Waals surface area contributed by atoms with Gasteiger partial charge in [-0.05, 0) is 79.8 Å². The molecule has 7 heteroatoms. The van der Waals surface area contributed by atoms with E-state index in [9.17, 15) is 9.59 Å². The lowest BCUT2D eigenvalue weighted by Crippen LogP contribution is -2.15. The number of hydrogen-bond acceptors (Lipinski definition) is 4. The van der Waals surface area contributed by atoms with Crippen LogP contribution in [-0.2, 0) is 13.0 Å². The van der Waals surface area contributed by atoms with E-state index in [2.05, 4.69) is 53.7 Å². The molecule has 0 saturated heterocycles. The minimum Gasteiger partial charge on any atom is -0.365 e. The minimum atomic E-state index is -0.542.